The van der Waals surface area contributed by atoms with Crippen LogP contribution in [0.3, 0.4) is 0 Å². The summed E-state index contributed by atoms with van der Waals surface area (Å²) in [6, 6.07) is 10.6. The van der Waals surface area contributed by atoms with Gasteiger partial charge in [0.1, 0.15) is 11.5 Å². The molecular weight excluding hydrogens is 504 g/mol. The molecule has 0 saturated heterocycles. The van der Waals surface area contributed by atoms with E-state index >= 15 is 0 Å². The zero-order valence-electron chi connectivity index (χ0n) is 25.1. The van der Waals surface area contributed by atoms with Gasteiger partial charge < -0.3 is 18.9 Å². The van der Waals surface area contributed by atoms with E-state index < -0.39 is 12.3 Å². The number of rotatable bonds is 22. The Morgan fingerprint density at radius 2 is 0.800 bits per heavy atom. The second-order valence-corrected chi connectivity index (χ2v) is 10.7. The molecule has 40 heavy (non-hydrogen) atoms. The molecule has 0 radical (unpaired) electrons. The van der Waals surface area contributed by atoms with Gasteiger partial charge >= 0.3 is 12.3 Å². The van der Waals surface area contributed by atoms with Crippen LogP contribution >= 0.6 is 0 Å². The van der Waals surface area contributed by atoms with Crippen LogP contribution in [-0.4, -0.2) is 25.5 Å². The molecule has 2 rings (SSSR count). The Hall–Kier alpha value is -2.76. The number of unbranched alkanes of at least 4 members (excludes halogenated alkanes) is 16. The second kappa shape index (κ2) is 22.0. The van der Waals surface area contributed by atoms with Crippen molar-refractivity contribution in [3.63, 3.8) is 0 Å². The van der Waals surface area contributed by atoms with E-state index in [9.17, 15) is 9.59 Å². The molecule has 0 amide bonds. The van der Waals surface area contributed by atoms with Gasteiger partial charge in [-0.25, -0.2) is 9.59 Å². The Morgan fingerprint density at radius 3 is 1.15 bits per heavy atom. The van der Waals surface area contributed by atoms with E-state index in [1.807, 2.05) is 24.3 Å². The lowest BCUT2D eigenvalue weighted by atomic mass is 10.1. The fourth-order valence-corrected chi connectivity index (χ4v) is 4.80. The van der Waals surface area contributed by atoms with Crippen LogP contribution in [0.4, 0.5) is 9.59 Å². The van der Waals surface area contributed by atoms with Crippen molar-refractivity contribution in [1.82, 2.24) is 0 Å². The average Bonchev–Trinajstić information content (AvgIpc) is 2.96. The number of fused-ring (bicyclic) bond motifs is 1. The van der Waals surface area contributed by atoms with Crippen molar-refractivity contribution < 1.29 is 28.5 Å². The molecule has 6 heteroatoms. The molecule has 2 aromatic rings. The SMILES string of the molecule is CCCCCCCCCCCOC(=O)Oc1ccc(OC(=O)OCCCCCCCCCCC)c2ccccc12. The zero-order chi connectivity index (χ0) is 28.7. The minimum atomic E-state index is -0.723. The van der Waals surface area contributed by atoms with Crippen molar-refractivity contribution in [2.45, 2.75) is 129 Å². The van der Waals surface area contributed by atoms with Crippen LogP contribution < -0.4 is 9.47 Å². The van der Waals surface area contributed by atoms with Gasteiger partial charge in [0.2, 0.25) is 0 Å². The maximum Gasteiger partial charge on any atom is 0.513 e. The highest BCUT2D eigenvalue weighted by atomic mass is 16.7. The Balaban J connectivity index is 1.68. The van der Waals surface area contributed by atoms with E-state index in [-0.39, 0.29) is 0 Å². The first kappa shape index (κ1) is 33.4. The van der Waals surface area contributed by atoms with E-state index in [2.05, 4.69) is 13.8 Å². The van der Waals surface area contributed by atoms with Gasteiger partial charge in [-0.3, -0.25) is 0 Å². The molecule has 0 aliphatic heterocycles. The summed E-state index contributed by atoms with van der Waals surface area (Å²) in [5.74, 6) is 0.728. The maximum absolute atomic E-state index is 12.3. The molecule has 0 fully saturated rings. The number of hydrogen-bond donors (Lipinski definition) is 0. The number of carbonyl (C=O) groups excluding carboxylic acids is 2. The molecule has 0 aromatic heterocycles. The van der Waals surface area contributed by atoms with Crippen molar-refractivity contribution in [2.24, 2.45) is 0 Å². The monoisotopic (exact) mass is 556 g/mol. The maximum atomic E-state index is 12.3. The first-order valence-electron chi connectivity index (χ1n) is 15.9. The highest BCUT2D eigenvalue weighted by Gasteiger charge is 2.15. The first-order valence-corrected chi connectivity index (χ1v) is 15.9. The molecule has 0 N–H and O–H groups in total. The largest absolute Gasteiger partial charge is 0.513 e. The molecule has 6 nitrogen and oxygen atoms in total. The lowest BCUT2D eigenvalue weighted by molar-refractivity contribution is 0.0958. The number of benzene rings is 2. The predicted octanol–water partition coefficient (Wildman–Crippen LogP) is 10.9. The first-order chi connectivity index (χ1) is 19.7. The van der Waals surface area contributed by atoms with Gasteiger partial charge in [-0.05, 0) is 25.0 Å². The fourth-order valence-electron chi connectivity index (χ4n) is 4.80. The molecule has 0 unspecified atom stereocenters. The standard InChI is InChI=1S/C34H52O6/c1-3-5-7-9-11-13-15-17-21-27-37-33(35)39-31-25-26-32(30-24-20-19-23-29(30)31)40-34(36)38-28-22-18-16-14-12-10-8-6-4-2/h19-20,23-26H,3-18,21-22,27-28H2,1-2H3. The van der Waals surface area contributed by atoms with Crippen molar-refractivity contribution in [3.05, 3.63) is 36.4 Å². The zero-order valence-corrected chi connectivity index (χ0v) is 25.1. The molecule has 0 atom stereocenters. The van der Waals surface area contributed by atoms with Crippen molar-refractivity contribution in [3.8, 4) is 11.5 Å². The molecular formula is C34H52O6. The lowest BCUT2D eigenvalue weighted by Gasteiger charge is -2.12. The van der Waals surface area contributed by atoms with E-state index in [1.165, 1.54) is 77.0 Å². The number of ether oxygens (including phenoxy) is 4. The molecule has 224 valence electrons. The van der Waals surface area contributed by atoms with Gasteiger partial charge in [-0.15, -0.1) is 0 Å². The third-order valence-electron chi connectivity index (χ3n) is 7.17. The highest BCUT2D eigenvalue weighted by molar-refractivity contribution is 5.95. The summed E-state index contributed by atoms with van der Waals surface area (Å²) < 4.78 is 21.5. The second-order valence-electron chi connectivity index (χ2n) is 10.7. The van der Waals surface area contributed by atoms with Crippen LogP contribution in [0.5, 0.6) is 11.5 Å². The fraction of sp³-hybridized carbons (Fsp3) is 0.647. The van der Waals surface area contributed by atoms with Crippen molar-refractivity contribution in [1.29, 1.82) is 0 Å². The Labute approximate surface area is 242 Å². The molecule has 0 saturated carbocycles. The van der Waals surface area contributed by atoms with E-state index in [0.29, 0.717) is 35.5 Å². The van der Waals surface area contributed by atoms with E-state index in [1.54, 1.807) is 12.1 Å². The number of hydrogen-bond acceptors (Lipinski definition) is 6. The minimum Gasteiger partial charge on any atom is -0.434 e. The summed E-state index contributed by atoms with van der Waals surface area (Å²) >= 11 is 0. The lowest BCUT2D eigenvalue weighted by Crippen LogP contribution is -2.13. The Kier molecular flexibility index (Phi) is 18.4. The third-order valence-corrected chi connectivity index (χ3v) is 7.17. The van der Waals surface area contributed by atoms with E-state index in [0.717, 1.165) is 38.5 Å². The molecule has 0 aliphatic rings. The number of carbonyl (C=O) groups is 2. The topological polar surface area (TPSA) is 71.1 Å². The van der Waals surface area contributed by atoms with Crippen LogP contribution in [-0.2, 0) is 9.47 Å². The van der Waals surface area contributed by atoms with Crippen molar-refractivity contribution >= 4 is 23.1 Å². The van der Waals surface area contributed by atoms with Crippen molar-refractivity contribution in [2.75, 3.05) is 13.2 Å². The summed E-state index contributed by atoms with van der Waals surface area (Å²) in [6.45, 7) is 5.16. The average molecular weight is 557 g/mol. The predicted molar refractivity (Wildman–Crippen MR) is 162 cm³/mol. The summed E-state index contributed by atoms with van der Waals surface area (Å²) in [5.41, 5.74) is 0. The van der Waals surface area contributed by atoms with Crippen LogP contribution in [0.25, 0.3) is 10.8 Å². The third kappa shape index (κ3) is 14.6. The molecule has 0 bridgehead atoms. The van der Waals surface area contributed by atoms with Crippen LogP contribution in [0.2, 0.25) is 0 Å². The van der Waals surface area contributed by atoms with Gasteiger partial charge in [0.15, 0.2) is 0 Å². The van der Waals surface area contributed by atoms with Crippen LogP contribution in [0.1, 0.15) is 129 Å². The summed E-state index contributed by atoms with van der Waals surface area (Å²) in [4.78, 5) is 24.6. The Bertz CT molecular complexity index is 880. The molecule has 0 spiro atoms. The smallest absolute Gasteiger partial charge is 0.434 e. The highest BCUT2D eigenvalue weighted by Crippen LogP contribution is 2.33. The van der Waals surface area contributed by atoms with Gasteiger partial charge in [-0.2, -0.15) is 0 Å². The normalized spacial score (nSPS) is 10.9. The van der Waals surface area contributed by atoms with E-state index in [4.69, 9.17) is 18.9 Å². The Morgan fingerprint density at radius 1 is 0.475 bits per heavy atom. The van der Waals surface area contributed by atoms with Crippen LogP contribution in [0, 0.1) is 0 Å². The minimum absolute atomic E-state index is 0.346. The van der Waals surface area contributed by atoms with Gasteiger partial charge in [0, 0.05) is 10.8 Å². The molecule has 0 aliphatic carbocycles. The summed E-state index contributed by atoms with van der Waals surface area (Å²) in [6.07, 6.45) is 20.2. The quantitative estimate of drug-likeness (QED) is 0.0816. The summed E-state index contributed by atoms with van der Waals surface area (Å²) in [5, 5.41) is 1.32. The van der Waals surface area contributed by atoms with Gasteiger partial charge in [-0.1, -0.05) is 141 Å². The summed E-state index contributed by atoms with van der Waals surface area (Å²) in [7, 11) is 0. The van der Waals surface area contributed by atoms with Crippen LogP contribution in [0.15, 0.2) is 36.4 Å². The van der Waals surface area contributed by atoms with Gasteiger partial charge in [0.05, 0.1) is 13.2 Å². The van der Waals surface area contributed by atoms with Gasteiger partial charge in [0.25, 0.3) is 0 Å². The molecule has 0 heterocycles. The molecule has 2 aromatic carbocycles.